The molecule has 0 radical (unpaired) electrons. The fraction of sp³-hybridized carbons (Fsp3) is 0.714. The van der Waals surface area contributed by atoms with Crippen molar-refractivity contribution in [2.75, 3.05) is 6.61 Å². The molecule has 0 aromatic carbocycles. The van der Waals surface area contributed by atoms with E-state index in [9.17, 15) is 9.59 Å². The molecule has 0 aromatic rings. The minimum atomic E-state index is -0.540. The van der Waals surface area contributed by atoms with Gasteiger partial charge < -0.3 is 10.1 Å². The lowest BCUT2D eigenvalue weighted by Gasteiger charge is -2.22. The number of hydrogen-bond donors (Lipinski definition) is 1. The van der Waals surface area contributed by atoms with Crippen LogP contribution in [0.3, 0.4) is 0 Å². The normalized spacial score (nSPS) is 20.6. The number of rotatable bonds is 5. The van der Waals surface area contributed by atoms with Crippen LogP contribution in [0.15, 0.2) is 12.2 Å². The second-order valence-electron chi connectivity index (χ2n) is 5.20. The van der Waals surface area contributed by atoms with Gasteiger partial charge in [-0.3, -0.25) is 4.79 Å². The predicted molar refractivity (Wildman–Crippen MR) is 69.9 cm³/mol. The Morgan fingerprint density at radius 1 is 1.39 bits per heavy atom. The van der Waals surface area contributed by atoms with Gasteiger partial charge in [0.05, 0.1) is 6.61 Å². The Labute approximate surface area is 109 Å². The lowest BCUT2D eigenvalue weighted by atomic mass is 9.95. The Morgan fingerprint density at radius 3 is 2.61 bits per heavy atom. The molecule has 102 valence electrons. The second kappa shape index (κ2) is 7.19. The molecule has 1 rings (SSSR count). The van der Waals surface area contributed by atoms with Crippen molar-refractivity contribution in [2.45, 2.75) is 46.1 Å². The molecule has 1 aliphatic rings. The first kappa shape index (κ1) is 14.7. The number of esters is 1. The van der Waals surface area contributed by atoms with Crippen LogP contribution in [0.2, 0.25) is 0 Å². The third-order valence-electron chi connectivity index (χ3n) is 3.12. The van der Waals surface area contributed by atoms with Crippen molar-refractivity contribution in [3.05, 3.63) is 12.2 Å². The van der Waals surface area contributed by atoms with E-state index in [0.717, 1.165) is 19.3 Å². The maximum absolute atomic E-state index is 11.9. The van der Waals surface area contributed by atoms with Gasteiger partial charge in [-0.1, -0.05) is 26.0 Å². The van der Waals surface area contributed by atoms with Crippen LogP contribution in [0.4, 0.5) is 0 Å². The van der Waals surface area contributed by atoms with E-state index >= 15 is 0 Å². The van der Waals surface area contributed by atoms with E-state index < -0.39 is 6.04 Å². The maximum Gasteiger partial charge on any atom is 0.328 e. The molecule has 0 saturated heterocycles. The zero-order valence-electron chi connectivity index (χ0n) is 11.4. The molecule has 0 aliphatic heterocycles. The highest BCUT2D eigenvalue weighted by Crippen LogP contribution is 2.18. The first-order valence-electron chi connectivity index (χ1n) is 6.59. The average Bonchev–Trinajstić information content (AvgIpc) is 2.34. The molecular weight excluding hydrogens is 230 g/mol. The first-order chi connectivity index (χ1) is 8.50. The van der Waals surface area contributed by atoms with E-state index in [-0.39, 0.29) is 17.8 Å². The first-order valence-corrected chi connectivity index (χ1v) is 6.59. The maximum atomic E-state index is 11.9. The third-order valence-corrected chi connectivity index (χ3v) is 3.12. The van der Waals surface area contributed by atoms with E-state index in [0.29, 0.717) is 12.5 Å². The highest BCUT2D eigenvalue weighted by atomic mass is 16.5. The van der Waals surface area contributed by atoms with Crippen molar-refractivity contribution in [1.29, 1.82) is 0 Å². The lowest BCUT2D eigenvalue weighted by molar-refractivity contribution is -0.150. The van der Waals surface area contributed by atoms with Gasteiger partial charge in [-0.2, -0.15) is 0 Å². The second-order valence-corrected chi connectivity index (χ2v) is 5.20. The Bertz CT molecular complexity index is 323. The van der Waals surface area contributed by atoms with Crippen molar-refractivity contribution in [2.24, 2.45) is 11.8 Å². The summed E-state index contributed by atoms with van der Waals surface area (Å²) in [5.41, 5.74) is 0. The van der Waals surface area contributed by atoms with E-state index in [1.807, 2.05) is 13.8 Å². The summed E-state index contributed by atoms with van der Waals surface area (Å²) in [4.78, 5) is 22.9. The largest absolute Gasteiger partial charge is 0.464 e. The fourth-order valence-electron chi connectivity index (χ4n) is 2.01. The van der Waals surface area contributed by atoms with Crippen molar-refractivity contribution in [3.8, 4) is 0 Å². The van der Waals surface area contributed by atoms with E-state index in [1.54, 1.807) is 0 Å². The van der Waals surface area contributed by atoms with Gasteiger partial charge in [-0.05, 0) is 31.1 Å². The van der Waals surface area contributed by atoms with Gasteiger partial charge in [0.2, 0.25) is 5.91 Å². The van der Waals surface area contributed by atoms with E-state index in [4.69, 9.17) is 4.74 Å². The number of ether oxygens (including phenoxy) is 1. The molecule has 0 saturated carbocycles. The fourth-order valence-corrected chi connectivity index (χ4v) is 2.01. The summed E-state index contributed by atoms with van der Waals surface area (Å²) in [5.74, 6) is -0.0715. The van der Waals surface area contributed by atoms with Crippen LogP contribution in [0.25, 0.3) is 0 Å². The quantitative estimate of drug-likeness (QED) is 0.602. The van der Waals surface area contributed by atoms with Gasteiger partial charge in [-0.25, -0.2) is 4.79 Å². The monoisotopic (exact) mass is 253 g/mol. The summed E-state index contributed by atoms with van der Waals surface area (Å²) in [7, 11) is 0. The van der Waals surface area contributed by atoms with Crippen LogP contribution in [-0.2, 0) is 14.3 Å². The number of amides is 1. The minimum Gasteiger partial charge on any atom is -0.464 e. The van der Waals surface area contributed by atoms with Gasteiger partial charge in [0.25, 0.3) is 0 Å². The molecule has 2 unspecified atom stereocenters. The van der Waals surface area contributed by atoms with Crippen LogP contribution >= 0.6 is 0 Å². The molecule has 0 spiro atoms. The Hall–Kier alpha value is -1.32. The number of carbonyl (C=O) groups excluding carboxylic acids is 2. The molecule has 2 atom stereocenters. The smallest absolute Gasteiger partial charge is 0.328 e. The molecule has 0 aromatic heterocycles. The Kier molecular flexibility index (Phi) is 5.89. The molecule has 1 aliphatic carbocycles. The van der Waals surface area contributed by atoms with Crippen LogP contribution < -0.4 is 5.32 Å². The highest BCUT2D eigenvalue weighted by Gasteiger charge is 2.25. The molecular formula is C14H23NO3. The van der Waals surface area contributed by atoms with Gasteiger partial charge >= 0.3 is 5.97 Å². The molecule has 0 heterocycles. The van der Waals surface area contributed by atoms with E-state index in [1.165, 1.54) is 6.92 Å². The van der Waals surface area contributed by atoms with Crippen molar-refractivity contribution in [3.63, 3.8) is 0 Å². The molecule has 4 heteroatoms. The number of carbonyl (C=O) groups is 2. The highest BCUT2D eigenvalue weighted by molar-refractivity contribution is 5.83. The zero-order chi connectivity index (χ0) is 13.5. The molecule has 1 amide bonds. The third kappa shape index (κ3) is 4.90. The summed E-state index contributed by atoms with van der Waals surface area (Å²) >= 11 is 0. The van der Waals surface area contributed by atoms with Gasteiger partial charge in [0.15, 0.2) is 0 Å². The predicted octanol–water partition coefficient (Wildman–Crippen LogP) is 2.05. The number of allylic oxidation sites excluding steroid dienone is 2. The number of hydrogen-bond acceptors (Lipinski definition) is 3. The van der Waals surface area contributed by atoms with Gasteiger partial charge in [0.1, 0.15) is 6.04 Å². The van der Waals surface area contributed by atoms with Crippen LogP contribution in [-0.4, -0.2) is 24.5 Å². The summed E-state index contributed by atoms with van der Waals surface area (Å²) in [6.07, 6.45) is 7.39. The molecule has 4 nitrogen and oxygen atoms in total. The topological polar surface area (TPSA) is 55.4 Å². The lowest BCUT2D eigenvalue weighted by Crippen LogP contribution is -2.44. The minimum absolute atomic E-state index is 0.0349. The SMILES string of the molecule is CC(=O)NC(C(=O)OCC1CC=CCC1)C(C)C. The summed E-state index contributed by atoms with van der Waals surface area (Å²) < 4.78 is 5.32. The van der Waals surface area contributed by atoms with Gasteiger partial charge in [0, 0.05) is 6.92 Å². The van der Waals surface area contributed by atoms with Crippen LogP contribution in [0.1, 0.15) is 40.0 Å². The standard InChI is InChI=1S/C14H23NO3/c1-10(2)13(15-11(3)16)14(17)18-9-12-7-5-4-6-8-12/h4-5,10,12-13H,6-9H2,1-3H3,(H,15,16). The summed E-state index contributed by atoms with van der Waals surface area (Å²) in [6, 6.07) is -0.540. The summed E-state index contributed by atoms with van der Waals surface area (Å²) in [5, 5.41) is 2.64. The van der Waals surface area contributed by atoms with E-state index in [2.05, 4.69) is 17.5 Å². The average molecular weight is 253 g/mol. The number of nitrogens with one attached hydrogen (secondary N) is 1. The van der Waals surface area contributed by atoms with Crippen molar-refractivity contribution >= 4 is 11.9 Å². The van der Waals surface area contributed by atoms with Crippen LogP contribution in [0, 0.1) is 11.8 Å². The molecule has 18 heavy (non-hydrogen) atoms. The Balaban J connectivity index is 2.41. The molecule has 0 bridgehead atoms. The molecule has 0 fully saturated rings. The van der Waals surface area contributed by atoms with Crippen molar-refractivity contribution < 1.29 is 14.3 Å². The van der Waals surface area contributed by atoms with Crippen molar-refractivity contribution in [1.82, 2.24) is 5.32 Å². The van der Waals surface area contributed by atoms with Crippen LogP contribution in [0.5, 0.6) is 0 Å². The van der Waals surface area contributed by atoms with Gasteiger partial charge in [-0.15, -0.1) is 0 Å². The Morgan fingerprint density at radius 2 is 2.11 bits per heavy atom. The summed E-state index contributed by atoms with van der Waals surface area (Å²) in [6.45, 7) is 5.65. The zero-order valence-corrected chi connectivity index (χ0v) is 11.4. The molecule has 1 N–H and O–H groups in total.